The van der Waals surface area contributed by atoms with Gasteiger partial charge in [0.1, 0.15) is 5.82 Å². The van der Waals surface area contributed by atoms with Crippen LogP contribution in [0.4, 0.5) is 4.39 Å². The van der Waals surface area contributed by atoms with E-state index in [1.165, 1.54) is 6.20 Å². The molecule has 0 spiro atoms. The number of aromatic nitrogens is 1. The lowest BCUT2D eigenvalue weighted by molar-refractivity contribution is -0.0393. The number of hydrogen-bond donors (Lipinski definition) is 1. The molecule has 1 aromatic rings. The Morgan fingerprint density at radius 3 is 2.56 bits per heavy atom. The van der Waals surface area contributed by atoms with Crippen molar-refractivity contribution in [2.45, 2.75) is 38.3 Å². The zero-order valence-electron chi connectivity index (χ0n) is 10.0. The third kappa shape index (κ3) is 2.23. The standard InChI is InChI=1S/C12H19FN2O/c1-4-12(5-2,16-3)11(14)9-6-7-15-8-10(9)13/h6-8,11H,4-5,14H2,1-3H3. The fraction of sp³-hybridized carbons (Fsp3) is 0.583. The van der Waals surface area contributed by atoms with E-state index in [9.17, 15) is 4.39 Å². The number of nitrogens with zero attached hydrogens (tertiary/aromatic N) is 1. The summed E-state index contributed by atoms with van der Waals surface area (Å²) in [5, 5.41) is 0. The van der Waals surface area contributed by atoms with Gasteiger partial charge in [0.15, 0.2) is 0 Å². The van der Waals surface area contributed by atoms with Crippen LogP contribution in [0.5, 0.6) is 0 Å². The largest absolute Gasteiger partial charge is 0.376 e. The van der Waals surface area contributed by atoms with Crippen molar-refractivity contribution in [3.8, 4) is 0 Å². The van der Waals surface area contributed by atoms with Crippen LogP contribution in [0.2, 0.25) is 0 Å². The van der Waals surface area contributed by atoms with E-state index >= 15 is 0 Å². The minimum Gasteiger partial charge on any atom is -0.376 e. The lowest BCUT2D eigenvalue weighted by Crippen LogP contribution is -2.42. The lowest BCUT2D eigenvalue weighted by Gasteiger charge is -2.36. The van der Waals surface area contributed by atoms with E-state index in [1.54, 1.807) is 19.4 Å². The summed E-state index contributed by atoms with van der Waals surface area (Å²) in [6.45, 7) is 3.98. The van der Waals surface area contributed by atoms with Crippen molar-refractivity contribution < 1.29 is 9.13 Å². The van der Waals surface area contributed by atoms with Crippen LogP contribution in [0.1, 0.15) is 38.3 Å². The van der Waals surface area contributed by atoms with Gasteiger partial charge in [0.2, 0.25) is 0 Å². The van der Waals surface area contributed by atoms with Gasteiger partial charge >= 0.3 is 0 Å². The smallest absolute Gasteiger partial charge is 0.146 e. The molecule has 4 heteroatoms. The predicted octanol–water partition coefficient (Wildman–Crippen LogP) is 2.43. The molecule has 0 fully saturated rings. The maximum Gasteiger partial charge on any atom is 0.146 e. The monoisotopic (exact) mass is 226 g/mol. The fourth-order valence-electron chi connectivity index (χ4n) is 2.03. The molecule has 1 rings (SSSR count). The molecule has 0 saturated heterocycles. The highest BCUT2D eigenvalue weighted by atomic mass is 19.1. The maximum absolute atomic E-state index is 13.6. The minimum atomic E-state index is -0.512. The van der Waals surface area contributed by atoms with Crippen molar-refractivity contribution in [2.24, 2.45) is 5.73 Å². The molecular formula is C12H19FN2O. The Morgan fingerprint density at radius 2 is 2.12 bits per heavy atom. The number of nitrogens with two attached hydrogens (primary N) is 1. The van der Waals surface area contributed by atoms with Crippen LogP contribution in [0.25, 0.3) is 0 Å². The summed E-state index contributed by atoms with van der Waals surface area (Å²) >= 11 is 0. The van der Waals surface area contributed by atoms with Crippen molar-refractivity contribution in [1.29, 1.82) is 0 Å². The molecule has 0 aliphatic carbocycles. The Hall–Kier alpha value is -1.00. The molecule has 1 heterocycles. The maximum atomic E-state index is 13.6. The first-order valence-corrected chi connectivity index (χ1v) is 5.51. The van der Waals surface area contributed by atoms with E-state index < -0.39 is 11.6 Å². The van der Waals surface area contributed by atoms with Crippen LogP contribution in [-0.4, -0.2) is 17.7 Å². The SMILES string of the molecule is CCC(CC)(OC)C(N)c1ccncc1F. The van der Waals surface area contributed by atoms with Gasteiger partial charge in [-0.25, -0.2) is 4.39 Å². The van der Waals surface area contributed by atoms with E-state index in [4.69, 9.17) is 10.5 Å². The second-order valence-corrected chi connectivity index (χ2v) is 3.85. The van der Waals surface area contributed by atoms with Crippen molar-refractivity contribution in [3.05, 3.63) is 29.8 Å². The molecule has 0 aliphatic rings. The first-order valence-electron chi connectivity index (χ1n) is 5.51. The van der Waals surface area contributed by atoms with Crippen LogP contribution in [0.3, 0.4) is 0 Å². The van der Waals surface area contributed by atoms with Crippen LogP contribution < -0.4 is 5.73 Å². The Balaban J connectivity index is 3.08. The average Bonchev–Trinajstić information content (AvgIpc) is 2.32. The van der Waals surface area contributed by atoms with Crippen molar-refractivity contribution in [2.75, 3.05) is 7.11 Å². The minimum absolute atomic E-state index is 0.377. The van der Waals surface area contributed by atoms with Gasteiger partial charge in [-0.1, -0.05) is 13.8 Å². The molecule has 0 saturated carbocycles. The first kappa shape index (κ1) is 13.1. The van der Waals surface area contributed by atoms with Crippen molar-refractivity contribution in [1.82, 2.24) is 4.98 Å². The average molecular weight is 226 g/mol. The molecule has 0 aliphatic heterocycles. The molecule has 1 aromatic heterocycles. The number of halogens is 1. The number of rotatable bonds is 5. The highest BCUT2D eigenvalue weighted by Crippen LogP contribution is 2.33. The Labute approximate surface area is 95.8 Å². The van der Waals surface area contributed by atoms with Gasteiger partial charge in [-0.05, 0) is 18.9 Å². The van der Waals surface area contributed by atoms with Gasteiger partial charge in [-0.2, -0.15) is 0 Å². The zero-order chi connectivity index (χ0) is 12.2. The third-order valence-corrected chi connectivity index (χ3v) is 3.31. The van der Waals surface area contributed by atoms with Gasteiger partial charge < -0.3 is 10.5 Å². The molecule has 3 nitrogen and oxygen atoms in total. The topological polar surface area (TPSA) is 48.1 Å². The Bertz CT molecular complexity index is 331. The summed E-state index contributed by atoms with van der Waals surface area (Å²) in [5.41, 5.74) is 6.06. The summed E-state index contributed by atoms with van der Waals surface area (Å²) in [7, 11) is 1.62. The Kier molecular flexibility index (Phi) is 4.38. The second-order valence-electron chi connectivity index (χ2n) is 3.85. The first-order chi connectivity index (χ1) is 7.61. The molecular weight excluding hydrogens is 207 g/mol. The molecule has 16 heavy (non-hydrogen) atoms. The molecule has 0 bridgehead atoms. The third-order valence-electron chi connectivity index (χ3n) is 3.31. The van der Waals surface area contributed by atoms with Crippen LogP contribution in [0.15, 0.2) is 18.5 Å². The summed E-state index contributed by atoms with van der Waals surface area (Å²) in [5.74, 6) is -0.377. The fourth-order valence-corrected chi connectivity index (χ4v) is 2.03. The highest BCUT2D eigenvalue weighted by Gasteiger charge is 2.35. The van der Waals surface area contributed by atoms with Gasteiger partial charge in [0.25, 0.3) is 0 Å². The number of pyridine rings is 1. The number of hydrogen-bond acceptors (Lipinski definition) is 3. The lowest BCUT2D eigenvalue weighted by atomic mass is 9.84. The summed E-state index contributed by atoms with van der Waals surface area (Å²) < 4.78 is 19.1. The highest BCUT2D eigenvalue weighted by molar-refractivity contribution is 5.20. The summed E-state index contributed by atoms with van der Waals surface area (Å²) in [4.78, 5) is 3.72. The summed E-state index contributed by atoms with van der Waals surface area (Å²) in [6.07, 6.45) is 4.21. The summed E-state index contributed by atoms with van der Waals surface area (Å²) in [6, 6.07) is 1.13. The molecule has 1 atom stereocenters. The molecule has 0 radical (unpaired) electrons. The quantitative estimate of drug-likeness (QED) is 0.838. The van der Waals surface area contributed by atoms with E-state index in [0.717, 1.165) is 12.8 Å². The molecule has 0 amide bonds. The second kappa shape index (κ2) is 5.37. The molecule has 2 N–H and O–H groups in total. The number of ether oxygens (including phenoxy) is 1. The predicted molar refractivity (Wildman–Crippen MR) is 61.4 cm³/mol. The van der Waals surface area contributed by atoms with Crippen molar-refractivity contribution >= 4 is 0 Å². The van der Waals surface area contributed by atoms with E-state index in [-0.39, 0.29) is 5.82 Å². The van der Waals surface area contributed by atoms with E-state index in [2.05, 4.69) is 4.98 Å². The molecule has 0 aromatic carbocycles. The van der Waals surface area contributed by atoms with Crippen LogP contribution in [0, 0.1) is 5.82 Å². The normalized spacial score (nSPS) is 13.8. The van der Waals surface area contributed by atoms with Gasteiger partial charge in [-0.3, -0.25) is 4.98 Å². The van der Waals surface area contributed by atoms with Crippen LogP contribution in [-0.2, 0) is 4.74 Å². The van der Waals surface area contributed by atoms with E-state index in [0.29, 0.717) is 5.56 Å². The molecule has 1 unspecified atom stereocenters. The van der Waals surface area contributed by atoms with Gasteiger partial charge in [0, 0.05) is 18.9 Å². The van der Waals surface area contributed by atoms with Gasteiger partial charge in [-0.15, -0.1) is 0 Å². The molecule has 90 valence electrons. The van der Waals surface area contributed by atoms with E-state index in [1.807, 2.05) is 13.8 Å². The van der Waals surface area contributed by atoms with Crippen LogP contribution >= 0.6 is 0 Å². The Morgan fingerprint density at radius 1 is 1.50 bits per heavy atom. The number of methoxy groups -OCH3 is 1. The zero-order valence-corrected chi connectivity index (χ0v) is 10.0. The van der Waals surface area contributed by atoms with Gasteiger partial charge in [0.05, 0.1) is 17.8 Å². The van der Waals surface area contributed by atoms with Crippen molar-refractivity contribution in [3.63, 3.8) is 0 Å².